The number of H-pyrrole nitrogens is 1. The molecular weight excluding hydrogens is 485 g/mol. The van der Waals surface area contributed by atoms with Crippen molar-refractivity contribution in [2.45, 2.75) is 37.8 Å². The van der Waals surface area contributed by atoms with Gasteiger partial charge < -0.3 is 14.8 Å². The lowest BCUT2D eigenvalue weighted by Gasteiger charge is -2.37. The molecule has 12 heteroatoms. The number of sulfonamides is 1. The number of hydrogen-bond donors (Lipinski definition) is 1. The van der Waals surface area contributed by atoms with E-state index in [1.165, 1.54) is 16.4 Å². The Morgan fingerprint density at radius 2 is 1.83 bits per heavy atom. The summed E-state index contributed by atoms with van der Waals surface area (Å²) >= 11 is 0. The highest BCUT2D eigenvalue weighted by molar-refractivity contribution is 7.89. The molecule has 0 bridgehead atoms. The summed E-state index contributed by atoms with van der Waals surface area (Å²) in [5.41, 5.74) is 1.21. The highest BCUT2D eigenvalue weighted by atomic mass is 32.2. The summed E-state index contributed by atoms with van der Waals surface area (Å²) in [5.74, 6) is -0.242. The van der Waals surface area contributed by atoms with Gasteiger partial charge in [0.2, 0.25) is 5.91 Å². The molecule has 0 radical (unpaired) electrons. The number of halogens is 1. The van der Waals surface area contributed by atoms with Crippen LogP contribution in [0.3, 0.4) is 0 Å². The standard InChI is InChI=1S/C24H30FN7O3S/c1-24(2,3)22-27-23(29-28-22)36(34,35)32-9-7-16(15-32)21(33)31-12-10-30(11-13-31)20-6-8-26-19-14-17(25)4-5-18(19)20/h4-6,8,14,16H,7,9-13,15H2,1-3H3,(H,27,28,29). The Morgan fingerprint density at radius 3 is 2.53 bits per heavy atom. The molecule has 3 aromatic rings. The number of aromatic nitrogens is 4. The summed E-state index contributed by atoms with van der Waals surface area (Å²) in [5, 5.41) is 8.55. The van der Waals surface area contributed by atoms with Gasteiger partial charge in [-0.25, -0.2) is 12.8 Å². The van der Waals surface area contributed by atoms with Crippen molar-refractivity contribution >= 4 is 32.5 Å². The molecule has 2 aliphatic rings. The smallest absolute Gasteiger partial charge is 0.278 e. The van der Waals surface area contributed by atoms with Crippen LogP contribution < -0.4 is 4.90 Å². The van der Waals surface area contributed by atoms with E-state index in [9.17, 15) is 17.6 Å². The molecule has 2 aliphatic heterocycles. The van der Waals surface area contributed by atoms with Gasteiger partial charge in [-0.1, -0.05) is 20.8 Å². The third-order valence-corrected chi connectivity index (χ3v) is 8.56. The van der Waals surface area contributed by atoms with Crippen molar-refractivity contribution < 1.29 is 17.6 Å². The fourth-order valence-electron chi connectivity index (χ4n) is 4.78. The fourth-order valence-corrected chi connectivity index (χ4v) is 6.11. The molecule has 5 rings (SSSR count). The molecule has 2 saturated heterocycles. The lowest BCUT2D eigenvalue weighted by Crippen LogP contribution is -2.50. The van der Waals surface area contributed by atoms with Crippen LogP contribution in [-0.2, 0) is 20.2 Å². The molecule has 10 nitrogen and oxygen atoms in total. The second kappa shape index (κ2) is 9.07. The Hall–Kier alpha value is -3.12. The molecule has 2 aromatic heterocycles. The Bertz CT molecular complexity index is 1390. The third kappa shape index (κ3) is 4.55. The average Bonchev–Trinajstić information content (AvgIpc) is 3.54. The molecule has 0 aliphatic carbocycles. The predicted molar refractivity (Wildman–Crippen MR) is 132 cm³/mol. The number of pyridine rings is 1. The number of carbonyl (C=O) groups excluding carboxylic acids is 1. The highest BCUT2D eigenvalue weighted by Crippen LogP contribution is 2.29. The first-order chi connectivity index (χ1) is 17.0. The summed E-state index contributed by atoms with van der Waals surface area (Å²) in [6.07, 6.45) is 2.14. The van der Waals surface area contributed by atoms with Gasteiger partial charge in [0.1, 0.15) is 11.6 Å². The molecule has 0 saturated carbocycles. The summed E-state index contributed by atoms with van der Waals surface area (Å²) in [6.45, 7) is 8.49. The number of piperazine rings is 1. The van der Waals surface area contributed by atoms with Gasteiger partial charge in [-0.3, -0.25) is 9.78 Å². The van der Waals surface area contributed by atoms with E-state index in [-0.39, 0.29) is 41.3 Å². The molecule has 4 heterocycles. The zero-order valence-electron chi connectivity index (χ0n) is 20.6. The van der Waals surface area contributed by atoms with E-state index in [0.717, 1.165) is 11.1 Å². The molecule has 1 amide bonds. The summed E-state index contributed by atoms with van der Waals surface area (Å²) in [6, 6.07) is 6.49. The van der Waals surface area contributed by atoms with E-state index in [0.29, 0.717) is 43.9 Å². The number of carbonyl (C=O) groups is 1. The predicted octanol–water partition coefficient (Wildman–Crippen LogP) is 2.15. The molecule has 36 heavy (non-hydrogen) atoms. The van der Waals surface area contributed by atoms with Crippen LogP contribution in [0.15, 0.2) is 35.6 Å². The van der Waals surface area contributed by atoms with Crippen molar-refractivity contribution in [1.82, 2.24) is 29.4 Å². The molecule has 192 valence electrons. The van der Waals surface area contributed by atoms with Crippen LogP contribution in [0.2, 0.25) is 0 Å². The minimum Gasteiger partial charge on any atom is -0.367 e. The van der Waals surface area contributed by atoms with Gasteiger partial charge in [-0.2, -0.15) is 4.31 Å². The SMILES string of the molecule is CC(C)(C)c1nnc(S(=O)(=O)N2CCC(C(=O)N3CCN(c4ccnc5cc(F)ccc45)CC3)C2)[nH]1. The third-order valence-electron chi connectivity index (χ3n) is 6.87. The van der Waals surface area contributed by atoms with Gasteiger partial charge in [-0.15, -0.1) is 10.2 Å². The maximum Gasteiger partial charge on any atom is 0.278 e. The van der Waals surface area contributed by atoms with Crippen LogP contribution in [0.4, 0.5) is 10.1 Å². The van der Waals surface area contributed by atoms with Crippen LogP contribution in [-0.4, -0.2) is 83.0 Å². The number of nitrogens with one attached hydrogen (secondary N) is 1. The number of anilines is 1. The zero-order chi connectivity index (χ0) is 25.7. The largest absolute Gasteiger partial charge is 0.367 e. The lowest BCUT2D eigenvalue weighted by molar-refractivity contribution is -0.135. The van der Waals surface area contributed by atoms with Crippen LogP contribution in [0.25, 0.3) is 10.9 Å². The van der Waals surface area contributed by atoms with E-state index in [1.54, 1.807) is 12.3 Å². The van der Waals surface area contributed by atoms with E-state index in [1.807, 2.05) is 31.7 Å². The van der Waals surface area contributed by atoms with Crippen molar-refractivity contribution in [1.29, 1.82) is 0 Å². The van der Waals surface area contributed by atoms with Gasteiger partial charge in [-0.05, 0) is 24.6 Å². The van der Waals surface area contributed by atoms with E-state index in [4.69, 9.17) is 0 Å². The summed E-state index contributed by atoms with van der Waals surface area (Å²) in [7, 11) is -3.85. The number of benzene rings is 1. The number of amides is 1. The van der Waals surface area contributed by atoms with Crippen LogP contribution >= 0.6 is 0 Å². The summed E-state index contributed by atoms with van der Waals surface area (Å²) in [4.78, 5) is 24.3. The van der Waals surface area contributed by atoms with Crippen molar-refractivity contribution in [3.05, 3.63) is 42.1 Å². The van der Waals surface area contributed by atoms with E-state index < -0.39 is 10.0 Å². The van der Waals surface area contributed by atoms with E-state index in [2.05, 4.69) is 25.1 Å². The van der Waals surface area contributed by atoms with Crippen LogP contribution in [0.1, 0.15) is 33.0 Å². The number of rotatable bonds is 4. The fraction of sp³-hybridized carbons (Fsp3) is 0.500. The van der Waals surface area contributed by atoms with Crippen molar-refractivity contribution in [3.63, 3.8) is 0 Å². The zero-order valence-corrected chi connectivity index (χ0v) is 21.4. The first-order valence-electron chi connectivity index (χ1n) is 12.1. The molecule has 1 unspecified atom stereocenters. The maximum absolute atomic E-state index is 13.6. The second-order valence-corrected chi connectivity index (χ2v) is 12.2. The van der Waals surface area contributed by atoms with Gasteiger partial charge in [0.15, 0.2) is 0 Å². The van der Waals surface area contributed by atoms with Gasteiger partial charge in [0.05, 0.1) is 11.4 Å². The first kappa shape index (κ1) is 24.6. The van der Waals surface area contributed by atoms with Crippen molar-refractivity contribution in [3.8, 4) is 0 Å². The van der Waals surface area contributed by atoms with E-state index >= 15 is 0 Å². The summed E-state index contributed by atoms with van der Waals surface area (Å²) < 4.78 is 41.1. The number of aromatic amines is 1. The number of hydrogen-bond acceptors (Lipinski definition) is 7. The number of nitrogens with zero attached hydrogens (tertiary/aromatic N) is 6. The minimum absolute atomic E-state index is 0.0260. The topological polar surface area (TPSA) is 115 Å². The normalized spacial score (nSPS) is 19.8. The molecular formula is C24H30FN7O3S. The van der Waals surface area contributed by atoms with Crippen LogP contribution in [0.5, 0.6) is 0 Å². The maximum atomic E-state index is 13.6. The van der Waals surface area contributed by atoms with Crippen molar-refractivity contribution in [2.24, 2.45) is 5.92 Å². The van der Waals surface area contributed by atoms with Crippen molar-refractivity contribution in [2.75, 3.05) is 44.2 Å². The molecule has 1 aromatic carbocycles. The van der Waals surface area contributed by atoms with Gasteiger partial charge in [0.25, 0.3) is 15.2 Å². The Labute approximate surface area is 209 Å². The highest BCUT2D eigenvalue weighted by Gasteiger charge is 2.40. The molecule has 2 fully saturated rings. The average molecular weight is 516 g/mol. The molecule has 0 spiro atoms. The molecule has 1 atom stereocenters. The Kier molecular flexibility index (Phi) is 6.19. The van der Waals surface area contributed by atoms with Gasteiger partial charge in [0, 0.05) is 68.0 Å². The second-order valence-electron chi connectivity index (χ2n) is 10.4. The Balaban J connectivity index is 1.22. The van der Waals surface area contributed by atoms with Crippen LogP contribution in [0, 0.1) is 11.7 Å². The Morgan fingerprint density at radius 1 is 1.08 bits per heavy atom. The number of fused-ring (bicyclic) bond motifs is 1. The first-order valence-corrected chi connectivity index (χ1v) is 13.5. The minimum atomic E-state index is -3.85. The quantitative estimate of drug-likeness (QED) is 0.566. The van der Waals surface area contributed by atoms with Gasteiger partial charge >= 0.3 is 0 Å². The molecule has 1 N–H and O–H groups in total. The lowest BCUT2D eigenvalue weighted by atomic mass is 9.96. The monoisotopic (exact) mass is 515 g/mol.